The Balaban J connectivity index is 1.63. The molecular weight excluding hydrogens is 274 g/mol. The maximum Gasteiger partial charge on any atom is 0.231 e. The molecule has 1 heterocycles. The van der Waals surface area contributed by atoms with Crippen LogP contribution in [-0.2, 0) is 13.1 Å². The average molecular weight is 290 g/mol. The monoisotopic (exact) mass is 289 g/mol. The summed E-state index contributed by atoms with van der Waals surface area (Å²) in [6.45, 7) is 3.91. The molecule has 0 unspecified atom stereocenters. The normalized spacial score (nSPS) is 12.7. The quantitative estimate of drug-likeness (QED) is 0.931. The Morgan fingerprint density at radius 1 is 1.10 bits per heavy atom. The van der Waals surface area contributed by atoms with Crippen molar-refractivity contribution in [3.05, 3.63) is 58.1 Å². The van der Waals surface area contributed by atoms with E-state index in [1.165, 1.54) is 11.1 Å². The van der Waals surface area contributed by atoms with Crippen LogP contribution < -0.4 is 14.8 Å². The second-order valence-electron chi connectivity index (χ2n) is 4.90. The van der Waals surface area contributed by atoms with E-state index in [1.807, 2.05) is 12.1 Å². The number of halogens is 1. The van der Waals surface area contributed by atoms with Crippen molar-refractivity contribution in [1.29, 1.82) is 0 Å². The van der Waals surface area contributed by atoms with Gasteiger partial charge in [-0.2, -0.15) is 0 Å². The number of fused-ring (bicyclic) bond motifs is 1. The van der Waals surface area contributed by atoms with Crippen molar-refractivity contribution in [2.24, 2.45) is 0 Å². The van der Waals surface area contributed by atoms with Crippen LogP contribution in [0.25, 0.3) is 0 Å². The van der Waals surface area contributed by atoms with Crippen LogP contribution in [0, 0.1) is 6.92 Å². The molecule has 104 valence electrons. The molecule has 0 aromatic heterocycles. The molecular formula is C16H16ClNO2. The van der Waals surface area contributed by atoms with Crippen LogP contribution >= 0.6 is 11.6 Å². The number of benzene rings is 2. The molecule has 0 bridgehead atoms. The number of nitrogens with one attached hydrogen (secondary N) is 1. The maximum absolute atomic E-state index is 6.16. The largest absolute Gasteiger partial charge is 0.454 e. The predicted molar refractivity (Wildman–Crippen MR) is 79.3 cm³/mol. The van der Waals surface area contributed by atoms with E-state index < -0.39 is 0 Å². The summed E-state index contributed by atoms with van der Waals surface area (Å²) in [5.41, 5.74) is 3.64. The molecule has 20 heavy (non-hydrogen) atoms. The molecule has 2 aromatic rings. The van der Waals surface area contributed by atoms with Crippen molar-refractivity contribution in [2.45, 2.75) is 20.0 Å². The Morgan fingerprint density at radius 3 is 2.80 bits per heavy atom. The molecule has 1 aliphatic heterocycles. The average Bonchev–Trinajstić information content (AvgIpc) is 2.88. The zero-order valence-corrected chi connectivity index (χ0v) is 12.0. The van der Waals surface area contributed by atoms with Crippen molar-refractivity contribution in [1.82, 2.24) is 5.32 Å². The molecule has 4 heteroatoms. The topological polar surface area (TPSA) is 30.5 Å². The minimum atomic E-state index is 0.245. The second kappa shape index (κ2) is 5.73. The molecule has 1 N–H and O–H groups in total. The highest BCUT2D eigenvalue weighted by molar-refractivity contribution is 6.32. The van der Waals surface area contributed by atoms with Crippen LogP contribution in [0.2, 0.25) is 5.02 Å². The summed E-state index contributed by atoms with van der Waals surface area (Å²) in [5.74, 6) is 1.37. The van der Waals surface area contributed by atoms with Gasteiger partial charge in [-0.25, -0.2) is 0 Å². The van der Waals surface area contributed by atoms with Crippen LogP contribution in [0.1, 0.15) is 16.7 Å². The Morgan fingerprint density at radius 2 is 1.95 bits per heavy atom. The number of hydrogen-bond donors (Lipinski definition) is 1. The number of hydrogen-bond acceptors (Lipinski definition) is 3. The van der Waals surface area contributed by atoms with Crippen LogP contribution in [0.3, 0.4) is 0 Å². The van der Waals surface area contributed by atoms with Gasteiger partial charge in [0.15, 0.2) is 11.5 Å². The number of ether oxygens (including phenoxy) is 2. The predicted octanol–water partition coefficient (Wildman–Crippen LogP) is 3.67. The molecule has 0 radical (unpaired) electrons. The van der Waals surface area contributed by atoms with E-state index in [4.69, 9.17) is 21.1 Å². The number of rotatable bonds is 4. The first-order chi connectivity index (χ1) is 9.72. The maximum atomic E-state index is 6.16. The van der Waals surface area contributed by atoms with Gasteiger partial charge in [-0.3, -0.25) is 0 Å². The van der Waals surface area contributed by atoms with E-state index in [1.54, 1.807) is 0 Å². The highest BCUT2D eigenvalue weighted by atomic mass is 35.5. The first-order valence-corrected chi connectivity index (χ1v) is 6.94. The van der Waals surface area contributed by atoms with E-state index in [0.717, 1.165) is 24.4 Å². The van der Waals surface area contributed by atoms with Crippen molar-refractivity contribution in [3.63, 3.8) is 0 Å². The highest BCUT2D eigenvalue weighted by Crippen LogP contribution is 2.39. The fourth-order valence-corrected chi connectivity index (χ4v) is 2.58. The van der Waals surface area contributed by atoms with Gasteiger partial charge < -0.3 is 14.8 Å². The molecule has 0 atom stereocenters. The molecule has 0 saturated heterocycles. The van der Waals surface area contributed by atoms with Crippen molar-refractivity contribution >= 4 is 11.6 Å². The van der Waals surface area contributed by atoms with Crippen LogP contribution in [-0.4, -0.2) is 6.79 Å². The zero-order chi connectivity index (χ0) is 13.9. The first-order valence-electron chi connectivity index (χ1n) is 6.56. The lowest BCUT2D eigenvalue weighted by Gasteiger charge is -2.08. The van der Waals surface area contributed by atoms with Gasteiger partial charge in [-0.05, 0) is 30.2 Å². The number of aryl methyl sites for hydroxylation is 1. The van der Waals surface area contributed by atoms with E-state index in [0.29, 0.717) is 10.8 Å². The third kappa shape index (κ3) is 2.89. The first kappa shape index (κ1) is 13.3. The van der Waals surface area contributed by atoms with E-state index in [2.05, 4.69) is 36.5 Å². The second-order valence-corrected chi connectivity index (χ2v) is 5.31. The third-order valence-corrected chi connectivity index (χ3v) is 3.51. The van der Waals surface area contributed by atoms with Gasteiger partial charge in [-0.1, -0.05) is 41.4 Å². The Hall–Kier alpha value is -1.71. The molecule has 2 aromatic carbocycles. The fourth-order valence-electron chi connectivity index (χ4n) is 2.30. The van der Waals surface area contributed by atoms with Crippen LogP contribution in [0.15, 0.2) is 36.4 Å². The van der Waals surface area contributed by atoms with Gasteiger partial charge in [0.25, 0.3) is 0 Å². The van der Waals surface area contributed by atoms with Crippen LogP contribution in [0.4, 0.5) is 0 Å². The lowest BCUT2D eigenvalue weighted by Crippen LogP contribution is -2.12. The molecule has 1 aliphatic rings. The lowest BCUT2D eigenvalue weighted by atomic mass is 10.1. The summed E-state index contributed by atoms with van der Waals surface area (Å²) < 4.78 is 10.7. The van der Waals surface area contributed by atoms with Gasteiger partial charge in [0.05, 0.1) is 5.02 Å². The molecule has 0 amide bonds. The minimum absolute atomic E-state index is 0.245. The van der Waals surface area contributed by atoms with Gasteiger partial charge in [0.1, 0.15) is 0 Å². The summed E-state index contributed by atoms with van der Waals surface area (Å²) in [4.78, 5) is 0. The molecule has 0 aliphatic carbocycles. The standard InChI is InChI=1S/C16H16ClNO2/c1-11-3-2-4-12(5-11)8-18-9-13-6-14(17)16-15(7-13)19-10-20-16/h2-7,18H,8-10H2,1H3. The molecule has 0 saturated carbocycles. The molecule has 3 nitrogen and oxygen atoms in total. The molecule has 0 fully saturated rings. The Bertz CT molecular complexity index is 628. The van der Waals surface area contributed by atoms with E-state index in [9.17, 15) is 0 Å². The van der Waals surface area contributed by atoms with Gasteiger partial charge in [0.2, 0.25) is 6.79 Å². The molecule has 0 spiro atoms. The Labute approximate surface area is 123 Å². The summed E-state index contributed by atoms with van der Waals surface area (Å²) in [6.07, 6.45) is 0. The van der Waals surface area contributed by atoms with Crippen molar-refractivity contribution < 1.29 is 9.47 Å². The minimum Gasteiger partial charge on any atom is -0.454 e. The van der Waals surface area contributed by atoms with Crippen molar-refractivity contribution in [2.75, 3.05) is 6.79 Å². The zero-order valence-electron chi connectivity index (χ0n) is 11.3. The smallest absolute Gasteiger partial charge is 0.231 e. The SMILES string of the molecule is Cc1cccc(CNCc2cc(Cl)c3c(c2)OCO3)c1. The fraction of sp³-hybridized carbons (Fsp3) is 0.250. The summed E-state index contributed by atoms with van der Waals surface area (Å²) in [6, 6.07) is 12.4. The third-order valence-electron chi connectivity index (χ3n) is 3.23. The van der Waals surface area contributed by atoms with Crippen molar-refractivity contribution in [3.8, 4) is 11.5 Å². The van der Waals surface area contributed by atoms with E-state index >= 15 is 0 Å². The lowest BCUT2D eigenvalue weighted by molar-refractivity contribution is 0.174. The highest BCUT2D eigenvalue weighted by Gasteiger charge is 2.17. The summed E-state index contributed by atoms with van der Waals surface area (Å²) in [5, 5.41) is 4.01. The van der Waals surface area contributed by atoms with Gasteiger partial charge >= 0.3 is 0 Å². The van der Waals surface area contributed by atoms with Crippen LogP contribution in [0.5, 0.6) is 11.5 Å². The summed E-state index contributed by atoms with van der Waals surface area (Å²) in [7, 11) is 0. The Kier molecular flexibility index (Phi) is 3.81. The van der Waals surface area contributed by atoms with Gasteiger partial charge in [0, 0.05) is 13.1 Å². The van der Waals surface area contributed by atoms with E-state index in [-0.39, 0.29) is 6.79 Å². The summed E-state index contributed by atoms with van der Waals surface area (Å²) >= 11 is 6.16. The van der Waals surface area contributed by atoms with Gasteiger partial charge in [-0.15, -0.1) is 0 Å². The molecule has 3 rings (SSSR count).